The molecule has 104 valence electrons. The molecule has 0 bridgehead atoms. The molecule has 1 rings (SSSR count). The molecule has 0 fully saturated rings. The van der Waals surface area contributed by atoms with Gasteiger partial charge in [0.15, 0.2) is 0 Å². The molecule has 18 heavy (non-hydrogen) atoms. The van der Waals surface area contributed by atoms with Gasteiger partial charge in [0.2, 0.25) is 0 Å². The number of hydrogen-bond donors (Lipinski definition) is 2. The predicted molar refractivity (Wildman–Crippen MR) is 76.3 cm³/mol. The van der Waals surface area contributed by atoms with Crippen molar-refractivity contribution < 1.29 is 10.2 Å². The zero-order chi connectivity index (χ0) is 14.4. The largest absolute Gasteiger partial charge is 0.390 e. The highest BCUT2D eigenvalue weighted by molar-refractivity contribution is 5.36. The Morgan fingerprint density at radius 3 is 2.22 bits per heavy atom. The van der Waals surface area contributed by atoms with Crippen LogP contribution in [0.15, 0.2) is 23.8 Å². The van der Waals surface area contributed by atoms with E-state index in [0.29, 0.717) is 6.42 Å². The Balaban J connectivity index is 3.32. The molecule has 0 amide bonds. The van der Waals surface area contributed by atoms with Crippen LogP contribution in [0.5, 0.6) is 0 Å². The molecule has 2 heteroatoms. The van der Waals surface area contributed by atoms with Crippen molar-refractivity contribution in [2.24, 2.45) is 10.8 Å². The normalized spacial score (nSPS) is 30.2. The van der Waals surface area contributed by atoms with Crippen molar-refractivity contribution in [3.05, 3.63) is 23.8 Å². The van der Waals surface area contributed by atoms with Crippen molar-refractivity contribution >= 4 is 0 Å². The maximum absolute atomic E-state index is 11.1. The van der Waals surface area contributed by atoms with Gasteiger partial charge in [-0.25, -0.2) is 0 Å². The summed E-state index contributed by atoms with van der Waals surface area (Å²) in [6.45, 7) is 15.8. The van der Waals surface area contributed by atoms with Crippen LogP contribution in [0.1, 0.15) is 54.4 Å². The Labute approximate surface area is 111 Å². The molecule has 1 aliphatic carbocycles. The second-order valence-electron chi connectivity index (χ2n) is 7.22. The molecule has 0 aliphatic heterocycles. The summed E-state index contributed by atoms with van der Waals surface area (Å²) in [6.07, 6.45) is 2.48. The molecule has 2 nitrogen and oxygen atoms in total. The molecule has 0 spiro atoms. The first-order chi connectivity index (χ1) is 7.98. The standard InChI is InChI=1S/C16H28O2/c1-8-12-11(2)9-10-16(18,15(12,6)7)13(17)14(3,4)5/h8,13,17-18H,1,9-10H2,2-7H3/t13-,16-/m1/s1. The van der Waals surface area contributed by atoms with E-state index in [1.165, 1.54) is 5.57 Å². The first-order valence-electron chi connectivity index (χ1n) is 6.71. The Bertz CT molecular complexity index is 371. The number of aliphatic hydroxyl groups is 2. The van der Waals surface area contributed by atoms with Crippen LogP contribution >= 0.6 is 0 Å². The lowest BCUT2D eigenvalue weighted by atomic mass is 9.57. The quantitative estimate of drug-likeness (QED) is 0.790. The average molecular weight is 252 g/mol. The minimum Gasteiger partial charge on any atom is -0.390 e. The number of rotatable bonds is 2. The lowest BCUT2D eigenvalue weighted by molar-refractivity contribution is -0.176. The fourth-order valence-electron chi connectivity index (χ4n) is 3.22. The zero-order valence-corrected chi connectivity index (χ0v) is 12.7. The van der Waals surface area contributed by atoms with Crippen LogP contribution < -0.4 is 0 Å². The molecule has 0 saturated carbocycles. The Morgan fingerprint density at radius 2 is 1.83 bits per heavy atom. The van der Waals surface area contributed by atoms with Crippen LogP contribution in [0.3, 0.4) is 0 Å². The third-order valence-electron chi connectivity index (χ3n) is 4.57. The number of aliphatic hydroxyl groups excluding tert-OH is 1. The molecular weight excluding hydrogens is 224 g/mol. The third-order valence-corrected chi connectivity index (χ3v) is 4.57. The van der Waals surface area contributed by atoms with Crippen LogP contribution in [0, 0.1) is 10.8 Å². The minimum absolute atomic E-state index is 0.344. The Morgan fingerprint density at radius 1 is 1.33 bits per heavy atom. The summed E-state index contributed by atoms with van der Waals surface area (Å²) in [4.78, 5) is 0. The summed E-state index contributed by atoms with van der Waals surface area (Å²) in [7, 11) is 0. The van der Waals surface area contributed by atoms with E-state index in [1.807, 2.05) is 40.7 Å². The van der Waals surface area contributed by atoms with Crippen molar-refractivity contribution in [2.45, 2.75) is 66.1 Å². The Kier molecular flexibility index (Phi) is 3.86. The fourth-order valence-corrected chi connectivity index (χ4v) is 3.22. The first kappa shape index (κ1) is 15.5. The topological polar surface area (TPSA) is 40.5 Å². The summed E-state index contributed by atoms with van der Waals surface area (Å²) < 4.78 is 0. The fraction of sp³-hybridized carbons (Fsp3) is 0.750. The summed E-state index contributed by atoms with van der Waals surface area (Å²) in [6, 6.07) is 0. The first-order valence-corrected chi connectivity index (χ1v) is 6.71. The van der Waals surface area contributed by atoms with Crippen molar-refractivity contribution in [3.63, 3.8) is 0 Å². The highest BCUT2D eigenvalue weighted by Gasteiger charge is 2.55. The monoisotopic (exact) mass is 252 g/mol. The lowest BCUT2D eigenvalue weighted by Gasteiger charge is -2.53. The lowest BCUT2D eigenvalue weighted by Crippen LogP contribution is -2.60. The molecule has 0 saturated heterocycles. The van der Waals surface area contributed by atoms with Gasteiger partial charge >= 0.3 is 0 Å². The molecule has 2 atom stereocenters. The highest BCUT2D eigenvalue weighted by Crippen LogP contribution is 2.52. The van der Waals surface area contributed by atoms with Gasteiger partial charge in [0.25, 0.3) is 0 Å². The maximum Gasteiger partial charge on any atom is 0.100 e. The van der Waals surface area contributed by atoms with Gasteiger partial charge in [-0.05, 0) is 30.8 Å². The van der Waals surface area contributed by atoms with Crippen molar-refractivity contribution in [2.75, 3.05) is 0 Å². The van der Waals surface area contributed by atoms with E-state index < -0.39 is 17.1 Å². The van der Waals surface area contributed by atoms with Crippen LogP contribution in [0.4, 0.5) is 0 Å². The van der Waals surface area contributed by atoms with E-state index in [0.717, 1.165) is 12.0 Å². The van der Waals surface area contributed by atoms with E-state index >= 15 is 0 Å². The summed E-state index contributed by atoms with van der Waals surface area (Å²) in [5.74, 6) is 0. The molecule has 0 heterocycles. The van der Waals surface area contributed by atoms with Crippen molar-refractivity contribution in [1.29, 1.82) is 0 Å². The number of allylic oxidation sites excluding steroid dienone is 2. The van der Waals surface area contributed by atoms with Gasteiger partial charge in [-0.1, -0.05) is 52.8 Å². The summed E-state index contributed by atoms with van der Waals surface area (Å²) >= 11 is 0. The van der Waals surface area contributed by atoms with Gasteiger partial charge in [0.05, 0.1) is 6.10 Å². The SMILES string of the molecule is C=CC1=C(C)CC[C@@](O)([C@H](O)C(C)(C)C)C1(C)C. The highest BCUT2D eigenvalue weighted by atomic mass is 16.3. The van der Waals surface area contributed by atoms with Gasteiger partial charge in [-0.3, -0.25) is 0 Å². The van der Waals surface area contributed by atoms with Gasteiger partial charge < -0.3 is 10.2 Å². The van der Waals surface area contributed by atoms with Gasteiger partial charge in [0.1, 0.15) is 5.60 Å². The van der Waals surface area contributed by atoms with Crippen molar-refractivity contribution in [1.82, 2.24) is 0 Å². The van der Waals surface area contributed by atoms with E-state index in [2.05, 4.69) is 13.5 Å². The average Bonchev–Trinajstić information content (AvgIpc) is 2.22. The van der Waals surface area contributed by atoms with Gasteiger partial charge in [-0.2, -0.15) is 0 Å². The van der Waals surface area contributed by atoms with Crippen LogP contribution in [-0.4, -0.2) is 21.9 Å². The van der Waals surface area contributed by atoms with E-state index in [-0.39, 0.29) is 5.41 Å². The predicted octanol–water partition coefficient (Wildman–Crippen LogP) is 3.45. The smallest absolute Gasteiger partial charge is 0.100 e. The second-order valence-corrected chi connectivity index (χ2v) is 7.22. The van der Waals surface area contributed by atoms with E-state index in [4.69, 9.17) is 0 Å². The molecule has 0 aromatic rings. The second kappa shape index (κ2) is 4.50. The summed E-state index contributed by atoms with van der Waals surface area (Å²) in [5.41, 5.74) is 0.405. The van der Waals surface area contributed by atoms with Crippen LogP contribution in [0.2, 0.25) is 0 Å². The third kappa shape index (κ3) is 2.17. The molecule has 0 unspecified atom stereocenters. The van der Waals surface area contributed by atoms with Crippen LogP contribution in [-0.2, 0) is 0 Å². The minimum atomic E-state index is -1.10. The molecule has 2 N–H and O–H groups in total. The van der Waals surface area contributed by atoms with Gasteiger partial charge in [-0.15, -0.1) is 0 Å². The molecule has 0 radical (unpaired) electrons. The molecule has 0 aromatic carbocycles. The van der Waals surface area contributed by atoms with Gasteiger partial charge in [0, 0.05) is 5.41 Å². The molecular formula is C16H28O2. The molecule has 0 aromatic heterocycles. The summed E-state index contributed by atoms with van der Waals surface area (Å²) in [5, 5.41) is 21.7. The molecule has 1 aliphatic rings. The number of hydrogen-bond acceptors (Lipinski definition) is 2. The zero-order valence-electron chi connectivity index (χ0n) is 12.7. The van der Waals surface area contributed by atoms with E-state index in [1.54, 1.807) is 0 Å². The van der Waals surface area contributed by atoms with Crippen molar-refractivity contribution in [3.8, 4) is 0 Å². The van der Waals surface area contributed by atoms with E-state index in [9.17, 15) is 10.2 Å². The maximum atomic E-state index is 11.1. The van der Waals surface area contributed by atoms with Crippen LogP contribution in [0.25, 0.3) is 0 Å². The Hall–Kier alpha value is -0.600.